The number of hydrogen-bond acceptors (Lipinski definition) is 3. The number of anilines is 6. The predicted octanol–water partition coefficient (Wildman–Crippen LogP) is 17.7. The van der Waals surface area contributed by atoms with Gasteiger partial charge in [0, 0.05) is 45.5 Å². The molecule has 11 aromatic carbocycles. The van der Waals surface area contributed by atoms with Crippen molar-refractivity contribution in [3.63, 3.8) is 0 Å². The van der Waals surface area contributed by atoms with Gasteiger partial charge in [-0.25, -0.2) is 0 Å². The number of nitrogens with zero attached hydrogens (tertiary/aromatic N) is 2. The van der Waals surface area contributed by atoms with Gasteiger partial charge in [-0.05, 0) is 128 Å². The van der Waals surface area contributed by atoms with Crippen molar-refractivity contribution >= 4 is 55.7 Å². The molecule has 3 nitrogen and oxygen atoms in total. The van der Waals surface area contributed by atoms with E-state index in [0.29, 0.717) is 0 Å². The van der Waals surface area contributed by atoms with Gasteiger partial charge in [0.2, 0.25) is 0 Å². The van der Waals surface area contributed by atoms with Gasteiger partial charge in [-0.2, -0.15) is 0 Å². The van der Waals surface area contributed by atoms with Crippen LogP contribution in [0.4, 0.5) is 34.1 Å². The predicted molar refractivity (Wildman–Crippen MR) is 273 cm³/mol. The SMILES string of the molecule is c1ccc(-c2ccc(N(c3ccc(-c4ccccc4)cc3)c3ccc4c(c3)-c3cccc5cc(N(c6ccc(-c7ccccc7)cc6)c6ccc7ccccc7c6)cc(c35)O4)cc2)cc1. The Labute approximate surface area is 379 Å². The molecule has 65 heavy (non-hydrogen) atoms. The zero-order valence-corrected chi connectivity index (χ0v) is 35.6. The van der Waals surface area contributed by atoms with Crippen LogP contribution in [0.2, 0.25) is 0 Å². The van der Waals surface area contributed by atoms with Crippen LogP contribution in [0.25, 0.3) is 66.1 Å². The van der Waals surface area contributed by atoms with Gasteiger partial charge in [0.1, 0.15) is 11.5 Å². The van der Waals surface area contributed by atoms with Gasteiger partial charge < -0.3 is 14.5 Å². The zero-order chi connectivity index (χ0) is 43.1. The standard InChI is InChI=1S/C62H42N2O/c1-4-13-43(14-5-1)47-23-30-52(31-24-47)63(53-32-25-48(26-33-53)44-15-6-2-7-16-44)56-37-38-60-59(41-56)58-22-12-21-51-40-57(42-61(65-60)62(51)58)64(55-36-29-46-19-10-11-20-50(46)39-55)54-34-27-49(28-35-54)45-17-8-3-9-18-45/h1-42H. The highest BCUT2D eigenvalue weighted by Crippen LogP contribution is 2.51. The number of ether oxygens (including phenoxy) is 1. The molecule has 0 amide bonds. The molecule has 12 rings (SSSR count). The van der Waals surface area contributed by atoms with E-state index in [1.54, 1.807) is 0 Å². The molecule has 0 spiro atoms. The maximum absolute atomic E-state index is 6.99. The molecule has 0 saturated carbocycles. The normalized spacial score (nSPS) is 11.5. The molecular formula is C62H42N2O. The fraction of sp³-hybridized carbons (Fsp3) is 0. The van der Waals surface area contributed by atoms with E-state index in [1.165, 1.54) is 44.2 Å². The molecular weight excluding hydrogens is 789 g/mol. The maximum atomic E-state index is 6.99. The van der Waals surface area contributed by atoms with Crippen molar-refractivity contribution in [3.8, 4) is 56.0 Å². The summed E-state index contributed by atoms with van der Waals surface area (Å²) >= 11 is 0. The molecule has 0 saturated heterocycles. The van der Waals surface area contributed by atoms with Crippen molar-refractivity contribution in [2.45, 2.75) is 0 Å². The van der Waals surface area contributed by atoms with E-state index in [-0.39, 0.29) is 0 Å². The summed E-state index contributed by atoms with van der Waals surface area (Å²) in [4.78, 5) is 4.68. The molecule has 0 aromatic heterocycles. The third kappa shape index (κ3) is 7.16. The third-order valence-electron chi connectivity index (χ3n) is 12.6. The van der Waals surface area contributed by atoms with Gasteiger partial charge in [-0.15, -0.1) is 0 Å². The quantitative estimate of drug-likeness (QED) is 0.144. The average molecular weight is 831 g/mol. The minimum atomic E-state index is 0.828. The van der Waals surface area contributed by atoms with Gasteiger partial charge in [-0.1, -0.05) is 176 Å². The van der Waals surface area contributed by atoms with Crippen LogP contribution in [0.1, 0.15) is 0 Å². The number of benzene rings is 11. The van der Waals surface area contributed by atoms with E-state index in [2.05, 4.69) is 265 Å². The van der Waals surface area contributed by atoms with E-state index in [1.807, 2.05) is 0 Å². The van der Waals surface area contributed by atoms with Crippen LogP contribution in [0.3, 0.4) is 0 Å². The Bertz CT molecular complexity index is 3390. The van der Waals surface area contributed by atoms with Crippen molar-refractivity contribution in [1.29, 1.82) is 0 Å². The molecule has 0 aliphatic carbocycles. The summed E-state index contributed by atoms with van der Waals surface area (Å²) in [6, 6.07) is 91.2. The Hall–Kier alpha value is -8.66. The lowest BCUT2D eigenvalue weighted by molar-refractivity contribution is 0.487. The summed E-state index contributed by atoms with van der Waals surface area (Å²) in [5.74, 6) is 1.67. The van der Waals surface area contributed by atoms with Crippen molar-refractivity contribution in [2.75, 3.05) is 9.80 Å². The van der Waals surface area contributed by atoms with E-state index < -0.39 is 0 Å². The zero-order valence-electron chi connectivity index (χ0n) is 35.6. The minimum Gasteiger partial charge on any atom is -0.456 e. The molecule has 0 atom stereocenters. The lowest BCUT2D eigenvalue weighted by Crippen LogP contribution is -2.11. The van der Waals surface area contributed by atoms with Crippen molar-refractivity contribution in [2.24, 2.45) is 0 Å². The summed E-state index contributed by atoms with van der Waals surface area (Å²) in [6.07, 6.45) is 0. The van der Waals surface area contributed by atoms with E-state index in [4.69, 9.17) is 4.74 Å². The maximum Gasteiger partial charge on any atom is 0.138 e. The first-order chi connectivity index (χ1) is 32.2. The number of fused-ring (bicyclic) bond motifs is 3. The molecule has 1 heterocycles. The Kier molecular flexibility index (Phi) is 9.50. The van der Waals surface area contributed by atoms with Gasteiger partial charge in [-0.3, -0.25) is 0 Å². The van der Waals surface area contributed by atoms with Crippen LogP contribution in [-0.2, 0) is 0 Å². The van der Waals surface area contributed by atoms with E-state index >= 15 is 0 Å². The van der Waals surface area contributed by atoms with Crippen molar-refractivity contribution in [1.82, 2.24) is 0 Å². The summed E-state index contributed by atoms with van der Waals surface area (Å²) in [6.45, 7) is 0. The highest BCUT2D eigenvalue weighted by molar-refractivity contribution is 6.07. The molecule has 0 bridgehead atoms. The van der Waals surface area contributed by atoms with Gasteiger partial charge in [0.05, 0.1) is 5.69 Å². The molecule has 3 heteroatoms. The Morgan fingerprint density at radius 3 is 1.20 bits per heavy atom. The van der Waals surface area contributed by atoms with Crippen LogP contribution in [0.5, 0.6) is 11.5 Å². The molecule has 0 N–H and O–H groups in total. The first-order valence-electron chi connectivity index (χ1n) is 22.1. The Morgan fingerprint density at radius 1 is 0.231 bits per heavy atom. The molecule has 1 aliphatic heterocycles. The second-order valence-electron chi connectivity index (χ2n) is 16.6. The van der Waals surface area contributed by atoms with Crippen LogP contribution in [0, 0.1) is 0 Å². The molecule has 1 aliphatic rings. The third-order valence-corrected chi connectivity index (χ3v) is 12.6. The van der Waals surface area contributed by atoms with Crippen molar-refractivity contribution in [3.05, 3.63) is 255 Å². The van der Waals surface area contributed by atoms with Gasteiger partial charge in [0.25, 0.3) is 0 Å². The second kappa shape index (κ2) is 16.2. The molecule has 306 valence electrons. The molecule has 0 radical (unpaired) electrons. The fourth-order valence-electron chi connectivity index (χ4n) is 9.39. The molecule has 0 fully saturated rings. The summed E-state index contributed by atoms with van der Waals surface area (Å²) < 4.78 is 6.99. The first kappa shape index (κ1) is 38.0. The Balaban J connectivity index is 0.961. The summed E-state index contributed by atoms with van der Waals surface area (Å²) in [5, 5.41) is 4.61. The monoisotopic (exact) mass is 830 g/mol. The smallest absolute Gasteiger partial charge is 0.138 e. The van der Waals surface area contributed by atoms with Crippen LogP contribution in [-0.4, -0.2) is 0 Å². The minimum absolute atomic E-state index is 0.828. The van der Waals surface area contributed by atoms with Gasteiger partial charge in [0.15, 0.2) is 0 Å². The van der Waals surface area contributed by atoms with E-state index in [0.717, 1.165) is 67.5 Å². The highest BCUT2D eigenvalue weighted by Gasteiger charge is 2.25. The van der Waals surface area contributed by atoms with Crippen molar-refractivity contribution < 1.29 is 4.74 Å². The summed E-state index contributed by atoms with van der Waals surface area (Å²) in [5.41, 5.74) is 15.7. The lowest BCUT2D eigenvalue weighted by Gasteiger charge is -2.30. The number of rotatable bonds is 9. The number of hydrogen-bond donors (Lipinski definition) is 0. The fourth-order valence-corrected chi connectivity index (χ4v) is 9.39. The van der Waals surface area contributed by atoms with Crippen LogP contribution in [0.15, 0.2) is 255 Å². The van der Waals surface area contributed by atoms with Gasteiger partial charge >= 0.3 is 0 Å². The Morgan fingerprint density at radius 2 is 0.646 bits per heavy atom. The topological polar surface area (TPSA) is 15.7 Å². The van der Waals surface area contributed by atoms with Crippen LogP contribution < -0.4 is 14.5 Å². The van der Waals surface area contributed by atoms with E-state index in [9.17, 15) is 0 Å². The molecule has 0 unspecified atom stereocenters. The first-order valence-corrected chi connectivity index (χ1v) is 22.1. The largest absolute Gasteiger partial charge is 0.456 e. The second-order valence-corrected chi connectivity index (χ2v) is 16.6. The average Bonchev–Trinajstić information content (AvgIpc) is 3.38. The van der Waals surface area contributed by atoms with Crippen LogP contribution >= 0.6 is 0 Å². The highest BCUT2D eigenvalue weighted by atomic mass is 16.5. The molecule has 11 aromatic rings. The summed E-state index contributed by atoms with van der Waals surface area (Å²) in [7, 11) is 0. The lowest BCUT2D eigenvalue weighted by atomic mass is 9.93.